The Morgan fingerprint density at radius 2 is 1.83 bits per heavy atom. The van der Waals surface area contributed by atoms with Crippen LogP contribution in [0.1, 0.15) is 49.3 Å². The summed E-state index contributed by atoms with van der Waals surface area (Å²) in [6.45, 7) is 5.53. The zero-order valence-corrected chi connectivity index (χ0v) is 14.0. The average molecular weight is 323 g/mol. The molecule has 2 aliphatic rings. The van der Waals surface area contributed by atoms with Gasteiger partial charge in [0.2, 0.25) is 17.5 Å². The third kappa shape index (κ3) is 2.78. The molecule has 0 spiro atoms. The van der Waals surface area contributed by atoms with Gasteiger partial charge < -0.3 is 14.1 Å². The zero-order chi connectivity index (χ0) is 16.7. The minimum absolute atomic E-state index is 0.117. The Kier molecular flexibility index (Phi) is 3.78. The monoisotopic (exact) mass is 323 g/mol. The molecule has 0 unspecified atom stereocenters. The predicted octanol–water partition coefficient (Wildman–Crippen LogP) is 3.43. The number of aromatic nitrogens is 1. The predicted molar refractivity (Wildman–Crippen MR) is 90.0 cm³/mol. The van der Waals surface area contributed by atoms with E-state index in [9.17, 15) is 5.26 Å². The van der Waals surface area contributed by atoms with Crippen LogP contribution in [0.3, 0.4) is 0 Å². The van der Waals surface area contributed by atoms with Gasteiger partial charge in [-0.2, -0.15) is 5.26 Å². The first kappa shape index (κ1) is 15.2. The number of nitriles is 1. The van der Waals surface area contributed by atoms with Crippen LogP contribution in [0.4, 0.5) is 5.88 Å². The maximum absolute atomic E-state index is 9.45. The normalized spacial score (nSPS) is 29.3. The van der Waals surface area contributed by atoms with Gasteiger partial charge in [-0.25, -0.2) is 4.98 Å². The van der Waals surface area contributed by atoms with E-state index in [0.29, 0.717) is 23.4 Å². The van der Waals surface area contributed by atoms with Gasteiger partial charge in [-0.3, -0.25) is 0 Å². The highest BCUT2D eigenvalue weighted by atomic mass is 16.5. The fourth-order valence-electron chi connectivity index (χ4n) is 3.65. The van der Waals surface area contributed by atoms with Gasteiger partial charge in [0.15, 0.2) is 0 Å². The molecule has 24 heavy (non-hydrogen) atoms. The van der Waals surface area contributed by atoms with Gasteiger partial charge in [0.05, 0.1) is 12.2 Å². The lowest BCUT2D eigenvalue weighted by Crippen LogP contribution is -2.45. The van der Waals surface area contributed by atoms with Gasteiger partial charge in [-0.15, -0.1) is 0 Å². The molecule has 2 fully saturated rings. The summed E-state index contributed by atoms with van der Waals surface area (Å²) in [6.07, 6.45) is 1.27. The van der Waals surface area contributed by atoms with Crippen LogP contribution >= 0.6 is 0 Å². The molecule has 124 valence electrons. The number of oxazole rings is 1. The van der Waals surface area contributed by atoms with Gasteiger partial charge in [0, 0.05) is 19.0 Å². The van der Waals surface area contributed by atoms with Crippen molar-refractivity contribution in [3.8, 4) is 6.07 Å². The number of hydrogen-bond donors (Lipinski definition) is 0. The van der Waals surface area contributed by atoms with Gasteiger partial charge in [0.1, 0.15) is 6.07 Å². The summed E-state index contributed by atoms with van der Waals surface area (Å²) >= 11 is 0. The zero-order valence-electron chi connectivity index (χ0n) is 14.0. The first-order valence-electron chi connectivity index (χ1n) is 8.52. The summed E-state index contributed by atoms with van der Waals surface area (Å²) in [5.41, 5.74) is 1.71. The molecule has 1 aromatic carbocycles. The van der Waals surface area contributed by atoms with Crippen molar-refractivity contribution in [2.24, 2.45) is 0 Å². The quantitative estimate of drug-likeness (QED) is 0.866. The van der Waals surface area contributed by atoms with Gasteiger partial charge >= 0.3 is 0 Å². The van der Waals surface area contributed by atoms with E-state index in [2.05, 4.69) is 40.2 Å². The van der Waals surface area contributed by atoms with Crippen LogP contribution in [0.5, 0.6) is 0 Å². The van der Waals surface area contributed by atoms with Gasteiger partial charge in [-0.05, 0) is 31.7 Å². The number of ether oxygens (including phenoxy) is 1. The fraction of sp³-hybridized carbons (Fsp3) is 0.474. The Labute approximate surface area is 141 Å². The summed E-state index contributed by atoms with van der Waals surface area (Å²) in [5.74, 6) is 2.03. The second-order valence-electron chi connectivity index (χ2n) is 6.84. The summed E-state index contributed by atoms with van der Waals surface area (Å²) in [6, 6.07) is 12.6. The number of anilines is 1. The number of hydrogen-bond acceptors (Lipinski definition) is 5. The Bertz CT molecular complexity index is 755. The molecule has 0 amide bonds. The molecule has 2 heterocycles. The van der Waals surface area contributed by atoms with E-state index < -0.39 is 0 Å². The van der Waals surface area contributed by atoms with E-state index in [-0.39, 0.29) is 18.1 Å². The number of benzene rings is 1. The van der Waals surface area contributed by atoms with Crippen LogP contribution in [-0.4, -0.2) is 30.3 Å². The van der Waals surface area contributed by atoms with Crippen molar-refractivity contribution in [1.29, 1.82) is 5.26 Å². The molecule has 4 atom stereocenters. The maximum atomic E-state index is 9.45. The number of morpholine rings is 1. The first-order valence-corrected chi connectivity index (χ1v) is 8.52. The molecule has 4 rings (SSSR count). The minimum atomic E-state index is 0.117. The Balaban J connectivity index is 1.57. The molecule has 0 bridgehead atoms. The van der Waals surface area contributed by atoms with Crippen LogP contribution in [0.15, 0.2) is 34.7 Å². The largest absolute Gasteiger partial charge is 0.423 e. The van der Waals surface area contributed by atoms with Crippen LogP contribution in [0.2, 0.25) is 0 Å². The minimum Gasteiger partial charge on any atom is -0.423 e. The second kappa shape index (κ2) is 5.95. The van der Waals surface area contributed by atoms with Crippen LogP contribution in [0, 0.1) is 11.3 Å². The molecule has 1 saturated heterocycles. The van der Waals surface area contributed by atoms with E-state index in [1.165, 1.54) is 5.56 Å². The molecule has 1 aliphatic heterocycles. The van der Waals surface area contributed by atoms with Crippen molar-refractivity contribution < 1.29 is 9.15 Å². The summed E-state index contributed by atoms with van der Waals surface area (Å²) in [7, 11) is 0. The third-order valence-corrected chi connectivity index (χ3v) is 4.77. The SMILES string of the molecule is C[C@@H]1CN(c2oc([C@@H]3C[C@@H]3c3ccccc3)nc2C#N)C[C@@H](C)O1. The average Bonchev–Trinajstić information content (AvgIpc) is 3.26. The van der Waals surface area contributed by atoms with Gasteiger partial charge in [-0.1, -0.05) is 30.3 Å². The van der Waals surface area contributed by atoms with E-state index in [1.807, 2.05) is 19.9 Å². The van der Waals surface area contributed by atoms with Crippen molar-refractivity contribution >= 4 is 5.88 Å². The number of rotatable bonds is 3. The first-order chi connectivity index (χ1) is 11.7. The fourth-order valence-corrected chi connectivity index (χ4v) is 3.65. The third-order valence-electron chi connectivity index (χ3n) is 4.77. The van der Waals surface area contributed by atoms with Crippen LogP contribution in [0.25, 0.3) is 0 Å². The number of nitrogens with zero attached hydrogens (tertiary/aromatic N) is 3. The highest BCUT2D eigenvalue weighted by molar-refractivity contribution is 5.49. The molecular weight excluding hydrogens is 302 g/mol. The van der Waals surface area contributed by atoms with Crippen molar-refractivity contribution in [2.75, 3.05) is 18.0 Å². The lowest BCUT2D eigenvalue weighted by molar-refractivity contribution is -0.00647. The van der Waals surface area contributed by atoms with E-state index in [4.69, 9.17) is 9.15 Å². The van der Waals surface area contributed by atoms with Crippen molar-refractivity contribution in [2.45, 2.75) is 44.3 Å². The summed E-state index contributed by atoms with van der Waals surface area (Å²) < 4.78 is 11.8. The molecule has 5 nitrogen and oxygen atoms in total. The molecule has 0 N–H and O–H groups in total. The highest BCUT2D eigenvalue weighted by Gasteiger charge is 2.44. The van der Waals surface area contributed by atoms with Crippen molar-refractivity contribution in [3.05, 3.63) is 47.5 Å². The Morgan fingerprint density at radius 1 is 1.12 bits per heavy atom. The Morgan fingerprint density at radius 3 is 2.50 bits per heavy atom. The Hall–Kier alpha value is -2.32. The smallest absolute Gasteiger partial charge is 0.234 e. The summed E-state index contributed by atoms with van der Waals surface area (Å²) in [5, 5.41) is 9.45. The molecule has 0 radical (unpaired) electrons. The van der Waals surface area contributed by atoms with Crippen LogP contribution in [-0.2, 0) is 4.74 Å². The maximum Gasteiger partial charge on any atom is 0.234 e. The second-order valence-corrected chi connectivity index (χ2v) is 6.84. The topological polar surface area (TPSA) is 62.3 Å². The lowest BCUT2D eigenvalue weighted by atomic mass is 10.1. The standard InChI is InChI=1S/C19H21N3O2/c1-12-10-22(11-13(2)23-12)19-17(9-20)21-18(24-19)16-8-15(16)14-6-4-3-5-7-14/h3-7,12-13,15-16H,8,10-11H2,1-2H3/t12-,13-,15-,16-/m1/s1. The van der Waals surface area contributed by atoms with E-state index in [1.54, 1.807) is 0 Å². The lowest BCUT2D eigenvalue weighted by Gasteiger charge is -2.34. The molecule has 1 aliphatic carbocycles. The highest BCUT2D eigenvalue weighted by Crippen LogP contribution is 2.54. The van der Waals surface area contributed by atoms with Crippen molar-refractivity contribution in [1.82, 2.24) is 4.98 Å². The van der Waals surface area contributed by atoms with Crippen molar-refractivity contribution in [3.63, 3.8) is 0 Å². The molecule has 1 aromatic heterocycles. The van der Waals surface area contributed by atoms with E-state index in [0.717, 1.165) is 19.5 Å². The molecule has 2 aromatic rings. The van der Waals surface area contributed by atoms with E-state index >= 15 is 0 Å². The molecule has 1 saturated carbocycles. The van der Waals surface area contributed by atoms with Gasteiger partial charge in [0.25, 0.3) is 0 Å². The summed E-state index contributed by atoms with van der Waals surface area (Å²) in [4.78, 5) is 6.57. The molecule has 5 heteroatoms. The molecular formula is C19H21N3O2. The van der Waals surface area contributed by atoms with Crippen LogP contribution < -0.4 is 4.90 Å².